The van der Waals surface area contributed by atoms with E-state index >= 15 is 0 Å². The van der Waals surface area contributed by atoms with Gasteiger partial charge in [0.25, 0.3) is 5.91 Å². The van der Waals surface area contributed by atoms with E-state index in [-0.39, 0.29) is 11.6 Å². The molecule has 0 spiro atoms. The van der Waals surface area contributed by atoms with Crippen molar-refractivity contribution in [3.8, 4) is 0 Å². The van der Waals surface area contributed by atoms with Crippen molar-refractivity contribution >= 4 is 28.5 Å². The minimum absolute atomic E-state index is 0.178. The number of nitrogens with one attached hydrogen (secondary N) is 1. The fourth-order valence-electron chi connectivity index (χ4n) is 1.75. The zero-order chi connectivity index (χ0) is 14.1. The van der Waals surface area contributed by atoms with E-state index in [1.165, 1.54) is 4.57 Å². The number of thiazole rings is 1. The fraction of sp³-hybridized carbons (Fsp3) is 0.0909. The highest BCUT2D eigenvalue weighted by Crippen LogP contribution is 2.13. The van der Waals surface area contributed by atoms with Crippen LogP contribution in [0.15, 0.2) is 32.9 Å². The molecule has 8 nitrogen and oxygen atoms in total. The van der Waals surface area contributed by atoms with E-state index in [1.807, 2.05) is 5.43 Å². The van der Waals surface area contributed by atoms with Gasteiger partial charge in [0.15, 0.2) is 16.2 Å². The predicted molar refractivity (Wildman–Crippen MR) is 71.1 cm³/mol. The first-order valence-corrected chi connectivity index (χ1v) is 6.46. The molecule has 3 rings (SSSR count). The van der Waals surface area contributed by atoms with Crippen LogP contribution in [0.5, 0.6) is 0 Å². The lowest BCUT2D eigenvalue weighted by atomic mass is 10.4. The van der Waals surface area contributed by atoms with Crippen molar-refractivity contribution in [2.24, 2.45) is 5.84 Å². The van der Waals surface area contributed by atoms with E-state index in [1.54, 1.807) is 23.7 Å². The molecule has 0 saturated heterocycles. The summed E-state index contributed by atoms with van der Waals surface area (Å²) in [7, 11) is 0. The van der Waals surface area contributed by atoms with E-state index < -0.39 is 11.7 Å². The van der Waals surface area contributed by atoms with E-state index in [0.29, 0.717) is 16.9 Å². The number of aromatic nitrogens is 3. The van der Waals surface area contributed by atoms with E-state index in [0.717, 1.165) is 11.3 Å². The van der Waals surface area contributed by atoms with E-state index in [9.17, 15) is 9.59 Å². The number of hydrazine groups is 1. The van der Waals surface area contributed by atoms with Crippen LogP contribution in [-0.2, 0) is 6.54 Å². The molecule has 0 saturated carbocycles. The molecule has 3 aromatic heterocycles. The molecule has 0 unspecified atom stereocenters. The predicted octanol–water partition coefficient (Wildman–Crippen LogP) is 0.0978. The molecular weight excluding hydrogens is 282 g/mol. The molecule has 102 valence electrons. The molecule has 0 aliphatic heterocycles. The Morgan fingerprint density at radius 1 is 1.55 bits per heavy atom. The molecule has 0 aromatic carbocycles. The highest BCUT2D eigenvalue weighted by Gasteiger charge is 2.14. The van der Waals surface area contributed by atoms with Gasteiger partial charge >= 0.3 is 5.76 Å². The number of nitrogen functional groups attached to an aromatic ring is 1. The van der Waals surface area contributed by atoms with Gasteiger partial charge in [-0.1, -0.05) is 0 Å². The number of carbonyl (C=O) groups excluding carboxylic acids is 1. The summed E-state index contributed by atoms with van der Waals surface area (Å²) in [5.74, 6) is 4.05. The third-order valence-corrected chi connectivity index (χ3v) is 3.51. The lowest BCUT2D eigenvalue weighted by Crippen LogP contribution is -2.29. The van der Waals surface area contributed by atoms with Crippen LogP contribution in [0, 0.1) is 0 Å². The molecule has 3 heterocycles. The largest absolute Gasteiger partial charge is 0.421 e. The first-order chi connectivity index (χ1) is 9.69. The Kier molecular flexibility index (Phi) is 3.05. The van der Waals surface area contributed by atoms with Crippen LogP contribution in [0.4, 0.5) is 0 Å². The van der Waals surface area contributed by atoms with Gasteiger partial charge in [-0.15, -0.1) is 11.3 Å². The lowest BCUT2D eigenvalue weighted by Gasteiger charge is -1.97. The van der Waals surface area contributed by atoms with Crippen molar-refractivity contribution in [2.75, 3.05) is 0 Å². The van der Waals surface area contributed by atoms with Gasteiger partial charge in [0.2, 0.25) is 0 Å². The average Bonchev–Trinajstić information content (AvgIpc) is 3.04. The number of hydrogen-bond acceptors (Lipinski definition) is 7. The van der Waals surface area contributed by atoms with Crippen molar-refractivity contribution in [2.45, 2.75) is 6.54 Å². The smallest absolute Gasteiger partial charge is 0.406 e. The van der Waals surface area contributed by atoms with Gasteiger partial charge in [-0.05, 0) is 12.1 Å². The van der Waals surface area contributed by atoms with Crippen molar-refractivity contribution in [1.82, 2.24) is 20.0 Å². The quantitative estimate of drug-likeness (QED) is 0.401. The average molecular weight is 291 g/mol. The highest BCUT2D eigenvalue weighted by atomic mass is 32.1. The highest BCUT2D eigenvalue weighted by molar-refractivity contribution is 7.11. The van der Waals surface area contributed by atoms with Crippen LogP contribution in [0.1, 0.15) is 15.5 Å². The molecule has 0 aliphatic carbocycles. The van der Waals surface area contributed by atoms with E-state index in [2.05, 4.69) is 9.97 Å². The minimum Gasteiger partial charge on any atom is -0.406 e. The molecule has 0 aliphatic rings. The van der Waals surface area contributed by atoms with Crippen molar-refractivity contribution < 1.29 is 9.21 Å². The second kappa shape index (κ2) is 4.87. The standard InChI is InChI=1S/C11H9N5O3S/c12-15-9(17)10-14-6(5-20-10)4-16-8-7(19-11(16)18)2-1-3-13-8/h1-3,5H,4,12H2,(H,15,17). The first kappa shape index (κ1) is 12.5. The van der Waals surface area contributed by atoms with Gasteiger partial charge in [0.1, 0.15) is 0 Å². The lowest BCUT2D eigenvalue weighted by molar-refractivity contribution is 0.0953. The van der Waals surface area contributed by atoms with E-state index in [4.69, 9.17) is 10.3 Å². The van der Waals surface area contributed by atoms with Gasteiger partial charge in [-0.25, -0.2) is 20.6 Å². The Bertz CT molecular complexity index is 834. The molecule has 20 heavy (non-hydrogen) atoms. The number of nitrogens with zero attached hydrogens (tertiary/aromatic N) is 3. The topological polar surface area (TPSA) is 116 Å². The van der Waals surface area contributed by atoms with Crippen LogP contribution in [0.2, 0.25) is 0 Å². The maximum Gasteiger partial charge on any atom is 0.421 e. The Balaban J connectivity index is 1.97. The van der Waals surface area contributed by atoms with Crippen LogP contribution in [-0.4, -0.2) is 20.4 Å². The Labute approximate surface area is 115 Å². The summed E-state index contributed by atoms with van der Waals surface area (Å²) in [6, 6.07) is 3.34. The molecule has 9 heteroatoms. The van der Waals surface area contributed by atoms with Crippen LogP contribution < -0.4 is 17.0 Å². The SMILES string of the molecule is NNC(=O)c1nc(Cn2c(=O)oc3cccnc32)cs1. The number of rotatable bonds is 3. The molecule has 3 aromatic rings. The molecule has 0 bridgehead atoms. The summed E-state index contributed by atoms with van der Waals surface area (Å²) in [4.78, 5) is 31.3. The zero-order valence-electron chi connectivity index (χ0n) is 10.1. The normalized spacial score (nSPS) is 10.8. The maximum absolute atomic E-state index is 11.8. The number of nitrogens with two attached hydrogens (primary N) is 1. The summed E-state index contributed by atoms with van der Waals surface area (Å²) < 4.78 is 6.42. The Morgan fingerprint density at radius 2 is 2.40 bits per heavy atom. The van der Waals surface area contributed by atoms with Gasteiger partial charge < -0.3 is 4.42 Å². The molecular formula is C11H9N5O3S. The third-order valence-electron chi connectivity index (χ3n) is 2.62. The summed E-state index contributed by atoms with van der Waals surface area (Å²) in [6.45, 7) is 0.178. The summed E-state index contributed by atoms with van der Waals surface area (Å²) in [6.07, 6.45) is 1.57. The number of fused-ring (bicyclic) bond motifs is 1. The number of pyridine rings is 1. The number of amides is 1. The van der Waals surface area contributed by atoms with Crippen molar-refractivity contribution in [3.63, 3.8) is 0 Å². The van der Waals surface area contributed by atoms with Gasteiger partial charge in [-0.2, -0.15) is 0 Å². The number of hydrogen-bond donors (Lipinski definition) is 2. The monoisotopic (exact) mass is 291 g/mol. The molecule has 3 N–H and O–H groups in total. The van der Waals surface area contributed by atoms with Gasteiger partial charge in [-0.3, -0.25) is 14.8 Å². The molecule has 0 atom stereocenters. The molecule has 0 radical (unpaired) electrons. The summed E-state index contributed by atoms with van der Waals surface area (Å²) in [5, 5.41) is 1.91. The van der Waals surface area contributed by atoms with Crippen molar-refractivity contribution in [3.05, 3.63) is 45.0 Å². The third kappa shape index (κ3) is 2.08. The minimum atomic E-state index is -0.517. The van der Waals surface area contributed by atoms with Crippen LogP contribution >= 0.6 is 11.3 Å². The summed E-state index contributed by atoms with van der Waals surface area (Å²) >= 11 is 1.15. The molecule has 1 amide bonds. The maximum atomic E-state index is 11.8. The Hall–Kier alpha value is -2.52. The second-order valence-corrected chi connectivity index (χ2v) is 4.75. The number of carbonyl (C=O) groups is 1. The fourth-order valence-corrected chi connectivity index (χ4v) is 2.46. The van der Waals surface area contributed by atoms with Gasteiger partial charge in [0, 0.05) is 11.6 Å². The van der Waals surface area contributed by atoms with Crippen molar-refractivity contribution in [1.29, 1.82) is 0 Å². The molecule has 0 fully saturated rings. The zero-order valence-corrected chi connectivity index (χ0v) is 10.9. The second-order valence-electron chi connectivity index (χ2n) is 3.90. The van der Waals surface area contributed by atoms with Crippen LogP contribution in [0.25, 0.3) is 11.2 Å². The number of oxazole rings is 1. The summed E-state index contributed by atoms with van der Waals surface area (Å²) in [5.41, 5.74) is 3.41. The van der Waals surface area contributed by atoms with Crippen LogP contribution in [0.3, 0.4) is 0 Å². The van der Waals surface area contributed by atoms with Gasteiger partial charge in [0.05, 0.1) is 12.2 Å². The first-order valence-electron chi connectivity index (χ1n) is 5.59. The Morgan fingerprint density at radius 3 is 3.20 bits per heavy atom.